The summed E-state index contributed by atoms with van der Waals surface area (Å²) in [5, 5.41) is 0. The fraction of sp³-hybridized carbons (Fsp3) is 0.831. The van der Waals surface area contributed by atoms with Crippen molar-refractivity contribution in [2.45, 2.75) is 399 Å². The molecule has 0 aromatic rings. The molecule has 0 saturated carbocycles. The molecule has 0 heterocycles. The minimum atomic E-state index is -0.778. The first-order chi connectivity index (χ1) is 41.0. The number of carbonyl (C=O) groups excluding carboxylic acids is 3. The first-order valence-corrected chi connectivity index (χ1v) is 36.8. The predicted octanol–water partition coefficient (Wildman–Crippen LogP) is 25.5. The van der Waals surface area contributed by atoms with E-state index in [4.69, 9.17) is 14.2 Å². The van der Waals surface area contributed by atoms with Crippen LogP contribution in [-0.2, 0) is 28.6 Å². The minimum absolute atomic E-state index is 0.0744. The fourth-order valence-corrected chi connectivity index (χ4v) is 10.9. The highest BCUT2D eigenvalue weighted by atomic mass is 16.6. The van der Waals surface area contributed by atoms with Crippen LogP contribution in [0.3, 0.4) is 0 Å². The second-order valence-electron chi connectivity index (χ2n) is 24.8. The number of hydrogen-bond acceptors (Lipinski definition) is 6. The molecule has 83 heavy (non-hydrogen) atoms. The number of allylic oxidation sites excluding steroid dienone is 10. The summed E-state index contributed by atoms with van der Waals surface area (Å²) in [5.74, 6) is -0.863. The van der Waals surface area contributed by atoms with Crippen LogP contribution in [0.25, 0.3) is 0 Å². The summed E-state index contributed by atoms with van der Waals surface area (Å²) in [6, 6.07) is 0. The van der Waals surface area contributed by atoms with Gasteiger partial charge in [-0.05, 0) is 103 Å². The number of ether oxygens (including phenoxy) is 3. The van der Waals surface area contributed by atoms with Gasteiger partial charge in [-0.15, -0.1) is 0 Å². The van der Waals surface area contributed by atoms with Crippen molar-refractivity contribution in [2.75, 3.05) is 13.2 Å². The zero-order valence-electron chi connectivity index (χ0n) is 55.7. The standard InChI is InChI=1S/C77H140O6/c1-4-7-10-13-16-19-22-24-26-28-30-32-34-36-38-40-42-44-46-48-50-52-55-58-61-64-67-70-76(79)82-73-74(72-81-75(78)69-66-63-60-57-54-21-18-15-12-9-6-3)83-77(80)71-68-65-62-59-56-53-51-49-47-45-43-41-39-37-35-33-31-29-27-25-23-20-17-14-11-8-5-2/h15,18,22,24,28-31,34,36,74H,4-14,16-17,19-21,23,25-27,32-33,35,37-73H2,1-3H3/b18-15-,24-22-,30-28-,31-29-,36-34-. The minimum Gasteiger partial charge on any atom is -0.462 e. The second-order valence-corrected chi connectivity index (χ2v) is 24.8. The van der Waals surface area contributed by atoms with Crippen LogP contribution >= 0.6 is 0 Å². The Morgan fingerprint density at radius 1 is 0.241 bits per heavy atom. The van der Waals surface area contributed by atoms with Crippen molar-refractivity contribution in [3.63, 3.8) is 0 Å². The fourth-order valence-electron chi connectivity index (χ4n) is 10.9. The normalized spacial score (nSPS) is 12.4. The van der Waals surface area contributed by atoms with Crippen molar-refractivity contribution in [3.8, 4) is 0 Å². The van der Waals surface area contributed by atoms with Crippen molar-refractivity contribution in [2.24, 2.45) is 0 Å². The highest BCUT2D eigenvalue weighted by Crippen LogP contribution is 2.18. The Bertz CT molecular complexity index is 1470. The van der Waals surface area contributed by atoms with E-state index in [1.807, 2.05) is 0 Å². The van der Waals surface area contributed by atoms with Crippen molar-refractivity contribution < 1.29 is 28.6 Å². The summed E-state index contributed by atoms with van der Waals surface area (Å²) in [6.07, 6.45) is 92.7. The van der Waals surface area contributed by atoms with E-state index < -0.39 is 6.10 Å². The zero-order chi connectivity index (χ0) is 59.9. The van der Waals surface area contributed by atoms with Crippen LogP contribution in [0.1, 0.15) is 393 Å². The molecule has 1 unspecified atom stereocenters. The van der Waals surface area contributed by atoms with Gasteiger partial charge in [-0.3, -0.25) is 14.4 Å². The molecule has 0 radical (unpaired) electrons. The molecule has 0 rings (SSSR count). The monoisotopic (exact) mass is 1160 g/mol. The van der Waals surface area contributed by atoms with Crippen LogP contribution in [0.2, 0.25) is 0 Å². The van der Waals surface area contributed by atoms with Crippen molar-refractivity contribution in [1.82, 2.24) is 0 Å². The van der Waals surface area contributed by atoms with Gasteiger partial charge in [0.05, 0.1) is 0 Å². The summed E-state index contributed by atoms with van der Waals surface area (Å²) in [4.78, 5) is 38.4. The Kier molecular flexibility index (Phi) is 69.1. The van der Waals surface area contributed by atoms with Gasteiger partial charge in [0.15, 0.2) is 6.10 Å². The maximum Gasteiger partial charge on any atom is 0.306 e. The molecular weight excluding hydrogens is 1020 g/mol. The first-order valence-electron chi connectivity index (χ1n) is 36.8. The Morgan fingerprint density at radius 2 is 0.446 bits per heavy atom. The first kappa shape index (κ1) is 80.1. The van der Waals surface area contributed by atoms with Crippen molar-refractivity contribution in [1.29, 1.82) is 0 Å². The summed E-state index contributed by atoms with van der Waals surface area (Å²) in [5.41, 5.74) is 0. The summed E-state index contributed by atoms with van der Waals surface area (Å²) >= 11 is 0. The number of rotatable bonds is 68. The smallest absolute Gasteiger partial charge is 0.306 e. The van der Waals surface area contributed by atoms with Gasteiger partial charge in [0, 0.05) is 19.3 Å². The topological polar surface area (TPSA) is 78.9 Å². The average molecular weight is 1160 g/mol. The lowest BCUT2D eigenvalue weighted by molar-refractivity contribution is -0.167. The van der Waals surface area contributed by atoms with E-state index in [0.717, 1.165) is 77.0 Å². The lowest BCUT2D eigenvalue weighted by atomic mass is 10.0. The molecule has 0 spiro atoms. The molecule has 0 N–H and O–H groups in total. The second kappa shape index (κ2) is 71.6. The van der Waals surface area contributed by atoms with Crippen LogP contribution in [-0.4, -0.2) is 37.2 Å². The van der Waals surface area contributed by atoms with Crippen LogP contribution < -0.4 is 0 Å². The molecule has 484 valence electrons. The van der Waals surface area contributed by atoms with Gasteiger partial charge >= 0.3 is 17.9 Å². The molecule has 0 aromatic carbocycles. The molecule has 0 amide bonds. The van der Waals surface area contributed by atoms with Gasteiger partial charge in [0.2, 0.25) is 0 Å². The van der Waals surface area contributed by atoms with E-state index in [0.29, 0.717) is 19.3 Å². The third-order valence-corrected chi connectivity index (χ3v) is 16.5. The summed E-state index contributed by atoms with van der Waals surface area (Å²) in [6.45, 7) is 6.64. The molecule has 6 nitrogen and oxygen atoms in total. The van der Waals surface area contributed by atoms with E-state index in [1.165, 1.54) is 276 Å². The Balaban J connectivity index is 4.18. The van der Waals surface area contributed by atoms with E-state index in [9.17, 15) is 14.4 Å². The van der Waals surface area contributed by atoms with E-state index in [1.54, 1.807) is 0 Å². The molecule has 0 aromatic heterocycles. The molecular formula is C77H140O6. The lowest BCUT2D eigenvalue weighted by Crippen LogP contribution is -2.30. The van der Waals surface area contributed by atoms with Crippen LogP contribution in [0.4, 0.5) is 0 Å². The molecule has 0 fully saturated rings. The van der Waals surface area contributed by atoms with Gasteiger partial charge in [-0.1, -0.05) is 332 Å². The Hall–Kier alpha value is -2.89. The molecule has 0 aliphatic heterocycles. The van der Waals surface area contributed by atoms with Gasteiger partial charge in [0.1, 0.15) is 13.2 Å². The lowest BCUT2D eigenvalue weighted by Gasteiger charge is -2.18. The SMILES string of the molecule is CCCC/C=C\CCCCCCCC(=O)OCC(COC(=O)CCCCCCCCCCCCCC/C=C\C/C=C\C/C=C\CCCCCCC)OC(=O)CCCCCCCCCCCCCCCCC/C=C\CCCCCCCCCC. The van der Waals surface area contributed by atoms with Gasteiger partial charge in [-0.2, -0.15) is 0 Å². The number of esters is 3. The van der Waals surface area contributed by atoms with Crippen LogP contribution in [0.5, 0.6) is 0 Å². The molecule has 1 atom stereocenters. The predicted molar refractivity (Wildman–Crippen MR) is 362 cm³/mol. The number of unbranched alkanes of at least 4 members (excludes halogenated alkanes) is 47. The van der Waals surface area contributed by atoms with E-state index >= 15 is 0 Å². The molecule has 0 bridgehead atoms. The molecule has 0 aliphatic carbocycles. The summed E-state index contributed by atoms with van der Waals surface area (Å²) in [7, 11) is 0. The largest absolute Gasteiger partial charge is 0.462 e. The third kappa shape index (κ3) is 69.8. The number of carbonyl (C=O) groups is 3. The highest BCUT2D eigenvalue weighted by Gasteiger charge is 2.19. The van der Waals surface area contributed by atoms with Gasteiger partial charge in [0.25, 0.3) is 0 Å². The van der Waals surface area contributed by atoms with Crippen molar-refractivity contribution in [3.05, 3.63) is 60.8 Å². The Labute approximate surface area is 517 Å². The van der Waals surface area contributed by atoms with Gasteiger partial charge in [-0.25, -0.2) is 0 Å². The Morgan fingerprint density at radius 3 is 0.723 bits per heavy atom. The third-order valence-electron chi connectivity index (χ3n) is 16.5. The van der Waals surface area contributed by atoms with Gasteiger partial charge < -0.3 is 14.2 Å². The molecule has 0 saturated heterocycles. The average Bonchev–Trinajstić information content (AvgIpc) is 3.48. The molecule has 0 aliphatic rings. The quantitative estimate of drug-likeness (QED) is 0.0261. The summed E-state index contributed by atoms with van der Waals surface area (Å²) < 4.78 is 17.0. The maximum atomic E-state index is 13.0. The van der Waals surface area contributed by atoms with Crippen LogP contribution in [0.15, 0.2) is 60.8 Å². The molecule has 6 heteroatoms. The van der Waals surface area contributed by atoms with E-state index in [-0.39, 0.29) is 31.1 Å². The number of hydrogen-bond donors (Lipinski definition) is 0. The van der Waals surface area contributed by atoms with E-state index in [2.05, 4.69) is 81.5 Å². The highest BCUT2D eigenvalue weighted by molar-refractivity contribution is 5.71. The zero-order valence-corrected chi connectivity index (χ0v) is 55.7. The van der Waals surface area contributed by atoms with Crippen molar-refractivity contribution >= 4 is 17.9 Å². The van der Waals surface area contributed by atoms with Crippen LogP contribution in [0, 0.1) is 0 Å². The maximum absolute atomic E-state index is 13.0.